The van der Waals surface area contributed by atoms with Crippen LogP contribution >= 0.6 is 0 Å². The molecule has 0 aliphatic carbocycles. The van der Waals surface area contributed by atoms with Gasteiger partial charge in [-0.3, -0.25) is 14.5 Å². The van der Waals surface area contributed by atoms with E-state index in [1.165, 1.54) is 0 Å². The quantitative estimate of drug-likeness (QED) is 0.641. The Kier molecular flexibility index (Phi) is 5.39. The molecule has 1 saturated heterocycles. The first-order valence-corrected chi connectivity index (χ1v) is 9.65. The lowest BCUT2D eigenvalue weighted by Crippen LogP contribution is -2.47. The van der Waals surface area contributed by atoms with Crippen molar-refractivity contribution in [2.45, 2.75) is 18.9 Å². The second-order valence-corrected chi connectivity index (χ2v) is 7.10. The standard InChI is InChI=1S/C22H24N4O2/c27-21(25-18-9-11-23-12-10-18)15-26(19-4-2-1-3-5-19)22(28)17-7-6-16-8-13-24-20(16)14-17/h1-8,13-14,18,23-24H,9-12,15H2,(H,25,27). The van der Waals surface area contributed by atoms with Crippen molar-refractivity contribution in [3.63, 3.8) is 0 Å². The highest BCUT2D eigenvalue weighted by Crippen LogP contribution is 2.20. The highest BCUT2D eigenvalue weighted by molar-refractivity contribution is 6.10. The molecule has 3 N–H and O–H groups in total. The van der Waals surface area contributed by atoms with Crippen molar-refractivity contribution < 1.29 is 9.59 Å². The molecule has 1 aliphatic rings. The Hall–Kier alpha value is -3.12. The van der Waals surface area contributed by atoms with Crippen molar-refractivity contribution in [2.24, 2.45) is 0 Å². The van der Waals surface area contributed by atoms with Gasteiger partial charge in [0.15, 0.2) is 0 Å². The number of para-hydroxylation sites is 1. The number of aromatic nitrogens is 1. The monoisotopic (exact) mass is 376 g/mol. The SMILES string of the molecule is O=C(CN(C(=O)c1ccc2cc[nH]c2c1)c1ccccc1)NC1CCNCC1. The van der Waals surface area contributed by atoms with Gasteiger partial charge in [0.25, 0.3) is 5.91 Å². The summed E-state index contributed by atoms with van der Waals surface area (Å²) in [7, 11) is 0. The van der Waals surface area contributed by atoms with Crippen LogP contribution in [0.1, 0.15) is 23.2 Å². The summed E-state index contributed by atoms with van der Waals surface area (Å²) in [6.07, 6.45) is 3.67. The molecule has 3 aromatic rings. The molecule has 0 unspecified atom stereocenters. The molecule has 0 spiro atoms. The molecule has 0 saturated carbocycles. The molecule has 144 valence electrons. The number of carbonyl (C=O) groups is 2. The zero-order valence-electron chi connectivity index (χ0n) is 15.7. The van der Waals surface area contributed by atoms with Gasteiger partial charge in [-0.25, -0.2) is 0 Å². The zero-order valence-corrected chi connectivity index (χ0v) is 15.7. The molecule has 2 amide bonds. The minimum atomic E-state index is -0.192. The predicted octanol–water partition coefficient (Wildman–Crippen LogP) is 2.68. The minimum Gasteiger partial charge on any atom is -0.361 e. The molecule has 4 rings (SSSR count). The first-order chi connectivity index (χ1) is 13.7. The molecule has 0 bridgehead atoms. The Morgan fingerprint density at radius 3 is 2.61 bits per heavy atom. The topological polar surface area (TPSA) is 77.2 Å². The molecular weight excluding hydrogens is 352 g/mol. The molecule has 1 fully saturated rings. The summed E-state index contributed by atoms with van der Waals surface area (Å²) < 4.78 is 0. The molecule has 1 aliphatic heterocycles. The van der Waals surface area contributed by atoms with E-state index in [1.54, 1.807) is 11.0 Å². The number of nitrogens with zero attached hydrogens (tertiary/aromatic N) is 1. The maximum absolute atomic E-state index is 13.3. The summed E-state index contributed by atoms with van der Waals surface area (Å²) in [5.74, 6) is -0.326. The van der Waals surface area contributed by atoms with E-state index in [2.05, 4.69) is 15.6 Å². The highest BCUT2D eigenvalue weighted by atomic mass is 16.2. The largest absolute Gasteiger partial charge is 0.361 e. The summed E-state index contributed by atoms with van der Waals surface area (Å²) in [6, 6.07) is 17.0. The van der Waals surface area contributed by atoms with Crippen molar-refractivity contribution in [1.82, 2.24) is 15.6 Å². The lowest BCUT2D eigenvalue weighted by Gasteiger charge is -2.26. The van der Waals surface area contributed by atoms with Crippen LogP contribution in [0.4, 0.5) is 5.69 Å². The number of fused-ring (bicyclic) bond motifs is 1. The molecule has 2 aromatic carbocycles. The van der Waals surface area contributed by atoms with Crippen LogP contribution in [-0.4, -0.2) is 42.5 Å². The van der Waals surface area contributed by atoms with Crippen LogP contribution in [0.3, 0.4) is 0 Å². The first-order valence-electron chi connectivity index (χ1n) is 9.65. The molecule has 0 atom stereocenters. The molecular formula is C22H24N4O2. The van der Waals surface area contributed by atoms with Gasteiger partial charge in [0, 0.05) is 29.0 Å². The number of piperidine rings is 1. The van der Waals surface area contributed by atoms with E-state index in [1.807, 2.05) is 54.7 Å². The number of anilines is 1. The fraction of sp³-hybridized carbons (Fsp3) is 0.273. The van der Waals surface area contributed by atoms with E-state index in [-0.39, 0.29) is 24.4 Å². The van der Waals surface area contributed by atoms with E-state index in [0.29, 0.717) is 11.3 Å². The minimum absolute atomic E-state index is 0.00443. The average Bonchev–Trinajstić information content (AvgIpc) is 3.21. The number of benzene rings is 2. The first kappa shape index (κ1) is 18.3. The van der Waals surface area contributed by atoms with Crippen molar-refractivity contribution in [3.8, 4) is 0 Å². The molecule has 0 radical (unpaired) electrons. The Morgan fingerprint density at radius 2 is 1.82 bits per heavy atom. The summed E-state index contributed by atoms with van der Waals surface area (Å²) in [6.45, 7) is 1.81. The number of hydrogen-bond acceptors (Lipinski definition) is 3. The number of aromatic amines is 1. The van der Waals surface area contributed by atoms with Crippen LogP contribution in [-0.2, 0) is 4.79 Å². The zero-order chi connectivity index (χ0) is 19.3. The summed E-state index contributed by atoms with van der Waals surface area (Å²) >= 11 is 0. The van der Waals surface area contributed by atoms with E-state index in [9.17, 15) is 9.59 Å². The van der Waals surface area contributed by atoms with E-state index in [4.69, 9.17) is 0 Å². The highest BCUT2D eigenvalue weighted by Gasteiger charge is 2.23. The van der Waals surface area contributed by atoms with E-state index < -0.39 is 0 Å². The normalized spacial score (nSPS) is 14.7. The molecule has 6 nitrogen and oxygen atoms in total. The van der Waals surface area contributed by atoms with Gasteiger partial charge in [-0.1, -0.05) is 24.3 Å². The number of nitrogens with one attached hydrogen (secondary N) is 3. The van der Waals surface area contributed by atoms with E-state index in [0.717, 1.165) is 36.8 Å². The second kappa shape index (κ2) is 8.27. The Labute approximate surface area is 163 Å². The van der Waals surface area contributed by atoms with Gasteiger partial charge in [-0.05, 0) is 61.6 Å². The van der Waals surface area contributed by atoms with Gasteiger partial charge in [0.2, 0.25) is 5.91 Å². The van der Waals surface area contributed by atoms with Crippen LogP contribution < -0.4 is 15.5 Å². The average molecular weight is 376 g/mol. The van der Waals surface area contributed by atoms with Crippen LogP contribution in [0.25, 0.3) is 10.9 Å². The van der Waals surface area contributed by atoms with Gasteiger partial charge in [-0.15, -0.1) is 0 Å². The fourth-order valence-electron chi connectivity index (χ4n) is 3.61. The maximum atomic E-state index is 13.3. The Bertz CT molecular complexity index is 961. The second-order valence-electron chi connectivity index (χ2n) is 7.10. The van der Waals surface area contributed by atoms with Gasteiger partial charge in [0.1, 0.15) is 6.54 Å². The Balaban J connectivity index is 1.56. The van der Waals surface area contributed by atoms with Crippen molar-refractivity contribution >= 4 is 28.4 Å². The van der Waals surface area contributed by atoms with Crippen LogP contribution in [0.15, 0.2) is 60.8 Å². The number of amides is 2. The van der Waals surface area contributed by atoms with Gasteiger partial charge < -0.3 is 15.6 Å². The predicted molar refractivity (Wildman–Crippen MR) is 110 cm³/mol. The lowest BCUT2D eigenvalue weighted by molar-refractivity contribution is -0.120. The van der Waals surface area contributed by atoms with Gasteiger partial charge in [0.05, 0.1) is 0 Å². The van der Waals surface area contributed by atoms with E-state index >= 15 is 0 Å². The molecule has 2 heterocycles. The van der Waals surface area contributed by atoms with Crippen molar-refractivity contribution in [2.75, 3.05) is 24.5 Å². The lowest BCUT2D eigenvalue weighted by atomic mass is 10.1. The smallest absolute Gasteiger partial charge is 0.258 e. The number of rotatable bonds is 5. The number of H-pyrrole nitrogens is 1. The summed E-state index contributed by atoms with van der Waals surface area (Å²) in [4.78, 5) is 30.6. The molecule has 6 heteroatoms. The third-order valence-electron chi connectivity index (χ3n) is 5.12. The van der Waals surface area contributed by atoms with Crippen LogP contribution in [0.2, 0.25) is 0 Å². The third-order valence-corrected chi connectivity index (χ3v) is 5.12. The Morgan fingerprint density at radius 1 is 1.04 bits per heavy atom. The van der Waals surface area contributed by atoms with Crippen LogP contribution in [0, 0.1) is 0 Å². The fourth-order valence-corrected chi connectivity index (χ4v) is 3.61. The third kappa shape index (κ3) is 4.07. The maximum Gasteiger partial charge on any atom is 0.258 e. The number of hydrogen-bond donors (Lipinski definition) is 3. The van der Waals surface area contributed by atoms with Crippen molar-refractivity contribution in [3.05, 3.63) is 66.4 Å². The van der Waals surface area contributed by atoms with Gasteiger partial charge >= 0.3 is 0 Å². The summed E-state index contributed by atoms with van der Waals surface area (Å²) in [5.41, 5.74) is 2.16. The van der Waals surface area contributed by atoms with Gasteiger partial charge in [-0.2, -0.15) is 0 Å². The number of carbonyl (C=O) groups excluding carboxylic acids is 2. The van der Waals surface area contributed by atoms with Crippen molar-refractivity contribution in [1.29, 1.82) is 0 Å². The van der Waals surface area contributed by atoms with Crippen LogP contribution in [0.5, 0.6) is 0 Å². The summed E-state index contributed by atoms with van der Waals surface area (Å²) in [5, 5.41) is 7.41. The molecule has 28 heavy (non-hydrogen) atoms. The molecule has 1 aromatic heterocycles.